The number of hydrogen-bond donors (Lipinski definition) is 2. The van der Waals surface area contributed by atoms with Crippen LogP contribution in [-0.2, 0) is 4.79 Å². The minimum atomic E-state index is -5.08. The van der Waals surface area contributed by atoms with E-state index in [1.54, 1.807) is 0 Å². The van der Waals surface area contributed by atoms with Crippen LogP contribution >= 0.6 is 15.9 Å². The number of piperazine rings is 1. The van der Waals surface area contributed by atoms with E-state index in [4.69, 9.17) is 9.90 Å². The summed E-state index contributed by atoms with van der Waals surface area (Å²) < 4.78 is 32.7. The Balaban J connectivity index is 0.000000295. The highest BCUT2D eigenvalue weighted by molar-refractivity contribution is 9.10. The molecule has 0 unspecified atom stereocenters. The molecule has 0 radical (unpaired) electrons. The number of nitrogens with zero attached hydrogens (tertiary/aromatic N) is 1. The van der Waals surface area contributed by atoms with E-state index in [-0.39, 0.29) is 5.91 Å². The van der Waals surface area contributed by atoms with Crippen molar-refractivity contribution in [2.24, 2.45) is 0 Å². The second-order valence-corrected chi connectivity index (χ2v) is 5.27. The van der Waals surface area contributed by atoms with Crippen molar-refractivity contribution in [2.75, 3.05) is 26.2 Å². The van der Waals surface area contributed by atoms with E-state index in [0.717, 1.165) is 36.2 Å². The summed E-state index contributed by atoms with van der Waals surface area (Å²) in [6, 6.07) is 7.51. The topological polar surface area (TPSA) is 69.6 Å². The van der Waals surface area contributed by atoms with Gasteiger partial charge in [-0.1, -0.05) is 15.9 Å². The van der Waals surface area contributed by atoms with Crippen molar-refractivity contribution < 1.29 is 27.9 Å². The average molecular weight is 383 g/mol. The van der Waals surface area contributed by atoms with Crippen molar-refractivity contribution in [2.45, 2.75) is 6.18 Å². The van der Waals surface area contributed by atoms with Crippen molar-refractivity contribution in [1.29, 1.82) is 0 Å². The molecule has 0 spiro atoms. The van der Waals surface area contributed by atoms with Crippen LogP contribution in [-0.4, -0.2) is 54.2 Å². The first-order chi connectivity index (χ1) is 10.2. The van der Waals surface area contributed by atoms with Crippen molar-refractivity contribution in [1.82, 2.24) is 10.2 Å². The van der Waals surface area contributed by atoms with Crippen molar-refractivity contribution in [3.63, 3.8) is 0 Å². The van der Waals surface area contributed by atoms with Crippen LogP contribution in [0.2, 0.25) is 0 Å². The standard InChI is InChI=1S/C11H13BrN2O.C2HF3O2/c12-10-3-1-9(2-4-10)11(15)14-7-5-13-6-8-14;3-2(4,5)1(6)7/h1-4,13H,5-8H2;(H,6,7). The third-order valence-corrected chi connectivity index (χ3v) is 3.27. The smallest absolute Gasteiger partial charge is 0.475 e. The molecule has 1 fully saturated rings. The molecule has 1 saturated heterocycles. The van der Waals surface area contributed by atoms with Gasteiger partial charge in [-0.25, -0.2) is 4.79 Å². The van der Waals surface area contributed by atoms with Gasteiger partial charge in [-0.05, 0) is 24.3 Å². The zero-order chi connectivity index (χ0) is 16.8. The summed E-state index contributed by atoms with van der Waals surface area (Å²) >= 11 is 3.36. The summed E-state index contributed by atoms with van der Waals surface area (Å²) in [7, 11) is 0. The molecule has 1 amide bonds. The predicted octanol–water partition coefficient (Wildman–Crippen LogP) is 2.13. The zero-order valence-corrected chi connectivity index (χ0v) is 12.9. The van der Waals surface area contributed by atoms with Crippen LogP contribution in [0.5, 0.6) is 0 Å². The Morgan fingerprint density at radius 3 is 2.00 bits per heavy atom. The Morgan fingerprint density at radius 2 is 1.59 bits per heavy atom. The van der Waals surface area contributed by atoms with Crippen LogP contribution in [0, 0.1) is 0 Å². The zero-order valence-electron chi connectivity index (χ0n) is 11.4. The van der Waals surface area contributed by atoms with E-state index >= 15 is 0 Å². The van der Waals surface area contributed by atoms with Gasteiger partial charge in [0, 0.05) is 36.2 Å². The monoisotopic (exact) mass is 382 g/mol. The summed E-state index contributed by atoms with van der Waals surface area (Å²) in [4.78, 5) is 22.8. The van der Waals surface area contributed by atoms with E-state index < -0.39 is 12.1 Å². The first-order valence-corrected chi connectivity index (χ1v) is 7.07. The van der Waals surface area contributed by atoms with Crippen LogP contribution in [0.4, 0.5) is 13.2 Å². The summed E-state index contributed by atoms with van der Waals surface area (Å²) in [5, 5.41) is 10.4. The van der Waals surface area contributed by atoms with E-state index in [2.05, 4.69) is 21.2 Å². The number of carbonyl (C=O) groups excluding carboxylic acids is 1. The van der Waals surface area contributed by atoms with Crippen LogP contribution in [0.25, 0.3) is 0 Å². The van der Waals surface area contributed by atoms with Gasteiger partial charge < -0.3 is 15.3 Å². The summed E-state index contributed by atoms with van der Waals surface area (Å²) in [6.07, 6.45) is -5.08. The Bertz CT molecular complexity index is 514. The lowest BCUT2D eigenvalue weighted by molar-refractivity contribution is -0.192. The number of amides is 1. The van der Waals surface area contributed by atoms with Gasteiger partial charge in [0.2, 0.25) is 0 Å². The molecule has 1 aliphatic rings. The third kappa shape index (κ3) is 6.02. The molecule has 122 valence electrons. The number of halogens is 4. The first-order valence-electron chi connectivity index (χ1n) is 6.27. The predicted molar refractivity (Wildman–Crippen MR) is 76.6 cm³/mol. The summed E-state index contributed by atoms with van der Waals surface area (Å²) in [5.74, 6) is -2.63. The summed E-state index contributed by atoms with van der Waals surface area (Å²) in [5.41, 5.74) is 0.764. The molecule has 2 rings (SSSR count). The molecule has 1 aromatic carbocycles. The molecule has 1 heterocycles. The second-order valence-electron chi connectivity index (χ2n) is 4.35. The highest BCUT2D eigenvalue weighted by Gasteiger charge is 2.38. The van der Waals surface area contributed by atoms with Gasteiger partial charge in [-0.2, -0.15) is 13.2 Å². The van der Waals surface area contributed by atoms with Crippen LogP contribution in [0.3, 0.4) is 0 Å². The molecule has 9 heteroatoms. The van der Waals surface area contributed by atoms with Gasteiger partial charge in [0.05, 0.1) is 0 Å². The first kappa shape index (κ1) is 18.4. The number of carbonyl (C=O) groups is 2. The minimum absolute atomic E-state index is 0.129. The maximum absolute atomic E-state index is 12.0. The molecule has 0 bridgehead atoms. The Morgan fingerprint density at radius 1 is 1.14 bits per heavy atom. The number of hydrogen-bond acceptors (Lipinski definition) is 3. The van der Waals surface area contributed by atoms with Crippen LogP contribution in [0.1, 0.15) is 10.4 Å². The van der Waals surface area contributed by atoms with Gasteiger partial charge in [-0.3, -0.25) is 4.79 Å². The normalized spacial score (nSPS) is 14.8. The van der Waals surface area contributed by atoms with Crippen molar-refractivity contribution >= 4 is 27.8 Å². The molecule has 2 N–H and O–H groups in total. The molecular weight excluding hydrogens is 369 g/mol. The number of nitrogens with one attached hydrogen (secondary N) is 1. The van der Waals surface area contributed by atoms with E-state index in [1.165, 1.54) is 0 Å². The molecule has 0 aromatic heterocycles. The van der Waals surface area contributed by atoms with Crippen molar-refractivity contribution in [3.05, 3.63) is 34.3 Å². The average Bonchev–Trinajstić information content (AvgIpc) is 2.48. The number of carboxylic acids is 1. The highest BCUT2D eigenvalue weighted by Crippen LogP contribution is 2.13. The maximum atomic E-state index is 12.0. The number of aliphatic carboxylic acids is 1. The fraction of sp³-hybridized carbons (Fsp3) is 0.385. The Hall–Kier alpha value is -1.61. The number of carboxylic acid groups (broad SMARTS) is 1. The highest BCUT2D eigenvalue weighted by atomic mass is 79.9. The molecule has 22 heavy (non-hydrogen) atoms. The van der Waals surface area contributed by atoms with Gasteiger partial charge >= 0.3 is 12.1 Å². The van der Waals surface area contributed by atoms with Crippen molar-refractivity contribution in [3.8, 4) is 0 Å². The maximum Gasteiger partial charge on any atom is 0.490 e. The number of rotatable bonds is 1. The minimum Gasteiger partial charge on any atom is -0.475 e. The largest absolute Gasteiger partial charge is 0.490 e. The van der Waals surface area contributed by atoms with Gasteiger partial charge in [-0.15, -0.1) is 0 Å². The number of alkyl halides is 3. The fourth-order valence-electron chi connectivity index (χ4n) is 1.64. The molecule has 5 nitrogen and oxygen atoms in total. The van der Waals surface area contributed by atoms with Gasteiger partial charge in [0.25, 0.3) is 5.91 Å². The lowest BCUT2D eigenvalue weighted by Crippen LogP contribution is -2.46. The summed E-state index contributed by atoms with van der Waals surface area (Å²) in [6.45, 7) is 3.38. The fourth-order valence-corrected chi connectivity index (χ4v) is 1.91. The second kappa shape index (κ2) is 8.14. The third-order valence-electron chi connectivity index (χ3n) is 2.74. The Kier molecular flexibility index (Phi) is 6.82. The SMILES string of the molecule is O=C(O)C(F)(F)F.O=C(c1ccc(Br)cc1)N1CCNCC1. The van der Waals surface area contributed by atoms with E-state index in [0.29, 0.717) is 0 Å². The van der Waals surface area contributed by atoms with Gasteiger partial charge in [0.1, 0.15) is 0 Å². The van der Waals surface area contributed by atoms with E-state index in [1.807, 2.05) is 29.2 Å². The lowest BCUT2D eigenvalue weighted by atomic mass is 10.2. The van der Waals surface area contributed by atoms with Crippen LogP contribution in [0.15, 0.2) is 28.7 Å². The molecule has 0 aliphatic carbocycles. The quantitative estimate of drug-likeness (QED) is 0.780. The van der Waals surface area contributed by atoms with Gasteiger partial charge in [0.15, 0.2) is 0 Å². The molecule has 0 saturated carbocycles. The molecule has 1 aliphatic heterocycles. The molecule has 1 aromatic rings. The number of benzene rings is 1. The molecule has 0 atom stereocenters. The Labute approximate surface area is 133 Å². The lowest BCUT2D eigenvalue weighted by Gasteiger charge is -2.27. The van der Waals surface area contributed by atoms with E-state index in [9.17, 15) is 18.0 Å². The molecular formula is C13H14BrF3N2O3. The van der Waals surface area contributed by atoms with Crippen LogP contribution < -0.4 is 5.32 Å².